The van der Waals surface area contributed by atoms with E-state index in [4.69, 9.17) is 51.4 Å². The van der Waals surface area contributed by atoms with E-state index in [9.17, 15) is 0 Å². The second kappa shape index (κ2) is 10.9. The molecule has 0 aliphatic carbocycles. The average molecular weight is 549 g/mol. The number of nitrogens with one attached hydrogen (secondary N) is 2. The highest BCUT2D eigenvalue weighted by molar-refractivity contribution is 6.42. The third-order valence-corrected chi connectivity index (χ3v) is 7.87. The highest BCUT2D eigenvalue weighted by Gasteiger charge is 2.20. The summed E-state index contributed by atoms with van der Waals surface area (Å²) in [5, 5.41) is 9.08. The van der Waals surface area contributed by atoms with E-state index < -0.39 is 0 Å². The number of imidazole rings is 1. The second-order valence-corrected chi connectivity index (χ2v) is 10.5. The topological polar surface area (TPSA) is 54.8 Å². The van der Waals surface area contributed by atoms with Crippen LogP contribution in [0.25, 0.3) is 22.4 Å². The maximum absolute atomic E-state index is 6.59. The zero-order chi connectivity index (χ0) is 24.4. The zero-order valence-electron chi connectivity index (χ0n) is 19.0. The molecular formula is C26H25Cl4N5. The van der Waals surface area contributed by atoms with Crippen LogP contribution in [0.15, 0.2) is 48.7 Å². The van der Waals surface area contributed by atoms with Crippen molar-refractivity contribution in [1.29, 1.82) is 0 Å². The molecular weight excluding hydrogens is 524 g/mol. The Balaban J connectivity index is 1.49. The van der Waals surface area contributed by atoms with Crippen LogP contribution in [0.2, 0.25) is 20.1 Å². The van der Waals surface area contributed by atoms with E-state index in [1.165, 1.54) is 12.8 Å². The Morgan fingerprint density at radius 3 is 2.46 bits per heavy atom. The second-order valence-electron chi connectivity index (χ2n) is 8.83. The molecule has 5 nitrogen and oxygen atoms in total. The molecule has 1 saturated heterocycles. The van der Waals surface area contributed by atoms with Gasteiger partial charge in [-0.05, 0) is 68.1 Å². The molecule has 35 heavy (non-hydrogen) atoms. The van der Waals surface area contributed by atoms with Gasteiger partial charge in [-0.2, -0.15) is 0 Å². The van der Waals surface area contributed by atoms with Gasteiger partial charge in [0, 0.05) is 19.2 Å². The third-order valence-electron chi connectivity index (χ3n) is 6.50. The number of aryl methyl sites for hydroxylation is 1. The molecule has 0 amide bonds. The maximum atomic E-state index is 6.59. The van der Waals surface area contributed by atoms with E-state index in [-0.39, 0.29) is 0 Å². The van der Waals surface area contributed by atoms with Crippen LogP contribution >= 0.6 is 46.4 Å². The molecule has 2 aromatic carbocycles. The van der Waals surface area contributed by atoms with Crippen molar-refractivity contribution in [2.24, 2.45) is 5.92 Å². The van der Waals surface area contributed by atoms with Crippen molar-refractivity contribution >= 4 is 63.3 Å². The van der Waals surface area contributed by atoms with Crippen LogP contribution < -0.4 is 10.6 Å². The standard InChI is InChI=1S/C26H25Cl4N5/c27-18-5-4-17(12-21(18)30)14-32-24-13-23-22(15-33-24)34-26(25-19(28)2-1-3-20(25)29)35(23)11-8-16-6-9-31-10-7-16/h1-5,12-13,15-16,31H,6-11,14H2,(H,32,33). The predicted octanol–water partition coefficient (Wildman–Crippen LogP) is 7.71. The number of pyridine rings is 1. The van der Waals surface area contributed by atoms with E-state index in [2.05, 4.69) is 20.2 Å². The fraction of sp³-hybridized carbons (Fsp3) is 0.308. The van der Waals surface area contributed by atoms with Crippen molar-refractivity contribution in [2.75, 3.05) is 18.4 Å². The van der Waals surface area contributed by atoms with E-state index in [1.54, 1.807) is 12.3 Å². The monoisotopic (exact) mass is 547 g/mol. The van der Waals surface area contributed by atoms with E-state index >= 15 is 0 Å². The lowest BCUT2D eigenvalue weighted by Crippen LogP contribution is -2.28. The van der Waals surface area contributed by atoms with Crippen LogP contribution in [-0.4, -0.2) is 27.6 Å². The maximum Gasteiger partial charge on any atom is 0.144 e. The minimum atomic E-state index is 0.534. The molecule has 0 saturated carbocycles. The number of rotatable bonds is 7. The quantitative estimate of drug-likeness (QED) is 0.248. The number of anilines is 1. The SMILES string of the molecule is Clc1ccc(CNc2cc3c(cn2)nc(-c2c(Cl)cccc2Cl)n3CCC2CCNCC2)cc1Cl. The molecule has 1 fully saturated rings. The van der Waals surface area contributed by atoms with Crippen LogP contribution in [0, 0.1) is 5.92 Å². The van der Waals surface area contributed by atoms with Gasteiger partial charge in [-0.25, -0.2) is 9.97 Å². The lowest BCUT2D eigenvalue weighted by atomic mass is 9.94. The zero-order valence-corrected chi connectivity index (χ0v) is 22.0. The summed E-state index contributed by atoms with van der Waals surface area (Å²) >= 11 is 25.4. The highest BCUT2D eigenvalue weighted by atomic mass is 35.5. The fourth-order valence-corrected chi connectivity index (χ4v) is 5.47. The van der Waals surface area contributed by atoms with Crippen LogP contribution in [-0.2, 0) is 13.1 Å². The molecule has 0 bridgehead atoms. The number of aromatic nitrogens is 3. The molecule has 5 rings (SSSR count). The van der Waals surface area contributed by atoms with Gasteiger partial charge in [0.25, 0.3) is 0 Å². The fourth-order valence-electron chi connectivity index (χ4n) is 4.58. The van der Waals surface area contributed by atoms with Crippen molar-refractivity contribution in [3.05, 3.63) is 74.3 Å². The van der Waals surface area contributed by atoms with E-state index in [0.717, 1.165) is 59.9 Å². The van der Waals surface area contributed by atoms with Crippen LogP contribution in [0.4, 0.5) is 5.82 Å². The lowest BCUT2D eigenvalue weighted by Gasteiger charge is -2.23. The van der Waals surface area contributed by atoms with Crippen LogP contribution in [0.1, 0.15) is 24.8 Å². The molecule has 1 aliphatic rings. The molecule has 0 spiro atoms. The molecule has 4 aromatic rings. The Bertz CT molecular complexity index is 1330. The van der Waals surface area contributed by atoms with Gasteiger partial charge < -0.3 is 15.2 Å². The Hall–Kier alpha value is -2.02. The lowest BCUT2D eigenvalue weighted by molar-refractivity contribution is 0.340. The Kier molecular flexibility index (Phi) is 7.71. The number of halogens is 4. The number of hydrogen-bond acceptors (Lipinski definition) is 4. The van der Waals surface area contributed by atoms with Crippen molar-refractivity contribution < 1.29 is 0 Å². The Labute approximate surface area is 224 Å². The van der Waals surface area contributed by atoms with Gasteiger partial charge in [-0.3, -0.25) is 0 Å². The number of fused-ring (bicyclic) bond motifs is 1. The summed E-state index contributed by atoms with van der Waals surface area (Å²) in [5.41, 5.74) is 3.57. The first-order valence-electron chi connectivity index (χ1n) is 11.7. The smallest absolute Gasteiger partial charge is 0.144 e. The Morgan fingerprint density at radius 2 is 1.71 bits per heavy atom. The van der Waals surface area contributed by atoms with Gasteiger partial charge in [-0.1, -0.05) is 58.5 Å². The van der Waals surface area contributed by atoms with Gasteiger partial charge in [0.1, 0.15) is 17.2 Å². The summed E-state index contributed by atoms with van der Waals surface area (Å²) in [6.07, 6.45) is 5.23. The van der Waals surface area contributed by atoms with Gasteiger partial charge in [0.15, 0.2) is 0 Å². The number of piperidine rings is 1. The summed E-state index contributed by atoms with van der Waals surface area (Å²) < 4.78 is 2.23. The minimum Gasteiger partial charge on any atom is -0.366 e. The number of benzene rings is 2. The van der Waals surface area contributed by atoms with Gasteiger partial charge >= 0.3 is 0 Å². The van der Waals surface area contributed by atoms with Crippen molar-refractivity contribution in [3.63, 3.8) is 0 Å². The molecule has 182 valence electrons. The largest absolute Gasteiger partial charge is 0.366 e. The molecule has 1 aliphatic heterocycles. The van der Waals surface area contributed by atoms with E-state index in [1.807, 2.05) is 36.4 Å². The molecule has 2 aromatic heterocycles. The first kappa shape index (κ1) is 24.7. The average Bonchev–Trinajstić information content (AvgIpc) is 3.21. The first-order chi connectivity index (χ1) is 17.0. The summed E-state index contributed by atoms with van der Waals surface area (Å²) in [6.45, 7) is 3.55. The molecule has 9 heteroatoms. The third kappa shape index (κ3) is 5.55. The molecule has 0 radical (unpaired) electrons. The normalized spacial score (nSPS) is 14.5. The minimum absolute atomic E-state index is 0.534. The predicted molar refractivity (Wildman–Crippen MR) is 147 cm³/mol. The molecule has 2 N–H and O–H groups in total. The van der Waals surface area contributed by atoms with Crippen LogP contribution in [0.3, 0.4) is 0 Å². The van der Waals surface area contributed by atoms with E-state index in [0.29, 0.717) is 32.6 Å². The van der Waals surface area contributed by atoms with Gasteiger partial charge in [0.2, 0.25) is 0 Å². The van der Waals surface area contributed by atoms with Gasteiger partial charge in [0.05, 0.1) is 37.4 Å². The highest BCUT2D eigenvalue weighted by Crippen LogP contribution is 2.36. The number of hydrogen-bond donors (Lipinski definition) is 2. The van der Waals surface area contributed by atoms with Gasteiger partial charge in [-0.15, -0.1) is 0 Å². The Morgan fingerprint density at radius 1 is 0.943 bits per heavy atom. The van der Waals surface area contributed by atoms with Crippen LogP contribution in [0.5, 0.6) is 0 Å². The molecule has 0 atom stereocenters. The van der Waals surface area contributed by atoms with Crippen molar-refractivity contribution in [2.45, 2.75) is 32.4 Å². The summed E-state index contributed by atoms with van der Waals surface area (Å²) in [4.78, 5) is 9.49. The van der Waals surface area contributed by atoms with Crippen molar-refractivity contribution in [3.8, 4) is 11.4 Å². The van der Waals surface area contributed by atoms with Crippen molar-refractivity contribution in [1.82, 2.24) is 19.9 Å². The number of nitrogens with zero attached hydrogens (tertiary/aromatic N) is 3. The summed E-state index contributed by atoms with van der Waals surface area (Å²) in [6, 6.07) is 13.2. The summed E-state index contributed by atoms with van der Waals surface area (Å²) in [7, 11) is 0. The molecule has 3 heterocycles. The summed E-state index contributed by atoms with van der Waals surface area (Å²) in [5.74, 6) is 2.20. The molecule has 0 unspecified atom stereocenters. The first-order valence-corrected chi connectivity index (χ1v) is 13.2.